The van der Waals surface area contributed by atoms with E-state index in [-0.39, 0.29) is 11.9 Å². The molecule has 22 heavy (non-hydrogen) atoms. The molecule has 0 radical (unpaired) electrons. The zero-order valence-electron chi connectivity index (χ0n) is 12.2. The van der Waals surface area contributed by atoms with Crippen molar-refractivity contribution in [3.63, 3.8) is 0 Å². The van der Waals surface area contributed by atoms with Crippen LogP contribution >= 0.6 is 0 Å². The molecule has 0 N–H and O–H groups in total. The lowest BCUT2D eigenvalue weighted by molar-refractivity contribution is 0.171. The summed E-state index contributed by atoms with van der Waals surface area (Å²) in [6, 6.07) is 16.0. The second kappa shape index (κ2) is 6.48. The average molecular weight is 296 g/mol. The maximum atomic E-state index is 12.9. The number of benzene rings is 2. The molecule has 0 bridgehead atoms. The quantitative estimate of drug-likeness (QED) is 0.865. The van der Waals surface area contributed by atoms with Gasteiger partial charge in [-0.25, -0.2) is 4.39 Å². The van der Waals surface area contributed by atoms with Gasteiger partial charge in [-0.15, -0.1) is 0 Å². The van der Waals surface area contributed by atoms with Crippen LogP contribution in [0.25, 0.3) is 0 Å². The molecule has 0 spiro atoms. The lowest BCUT2D eigenvalue weighted by atomic mass is 10.1. The van der Waals surface area contributed by atoms with Crippen LogP contribution in [0, 0.1) is 17.1 Å². The third kappa shape index (κ3) is 3.37. The summed E-state index contributed by atoms with van der Waals surface area (Å²) in [4.78, 5) is 2.30. The normalized spacial score (nSPS) is 15.4. The number of nitriles is 1. The van der Waals surface area contributed by atoms with Crippen LogP contribution in [0.2, 0.25) is 0 Å². The Balaban J connectivity index is 1.55. The van der Waals surface area contributed by atoms with E-state index in [1.165, 1.54) is 12.1 Å². The van der Waals surface area contributed by atoms with Crippen LogP contribution in [0.15, 0.2) is 48.5 Å². The van der Waals surface area contributed by atoms with Gasteiger partial charge in [0.05, 0.1) is 11.6 Å². The van der Waals surface area contributed by atoms with Crippen LogP contribution in [-0.4, -0.2) is 19.2 Å². The fourth-order valence-corrected chi connectivity index (χ4v) is 2.68. The molecule has 1 fully saturated rings. The molecule has 112 valence electrons. The van der Waals surface area contributed by atoms with E-state index in [2.05, 4.69) is 11.0 Å². The van der Waals surface area contributed by atoms with Crippen LogP contribution in [0.5, 0.6) is 5.75 Å². The summed E-state index contributed by atoms with van der Waals surface area (Å²) >= 11 is 0. The topological polar surface area (TPSA) is 36.3 Å². The molecule has 4 heteroatoms. The standard InChI is InChI=1S/C18H17FN2O/c19-15-3-7-17(8-4-15)22-18-9-11-21(12-10-18)16-5-1-14(13-20)2-6-16/h1-8,18H,9-12H2. The Labute approximate surface area is 129 Å². The molecule has 1 saturated heterocycles. The highest BCUT2D eigenvalue weighted by atomic mass is 19.1. The number of hydrogen-bond acceptors (Lipinski definition) is 3. The van der Waals surface area contributed by atoms with Crippen molar-refractivity contribution >= 4 is 5.69 Å². The average Bonchev–Trinajstić information content (AvgIpc) is 2.58. The van der Waals surface area contributed by atoms with Gasteiger partial charge in [0, 0.05) is 31.6 Å². The lowest BCUT2D eigenvalue weighted by Gasteiger charge is -2.33. The lowest BCUT2D eigenvalue weighted by Crippen LogP contribution is -2.38. The van der Waals surface area contributed by atoms with Gasteiger partial charge < -0.3 is 9.64 Å². The molecular weight excluding hydrogens is 279 g/mol. The zero-order valence-corrected chi connectivity index (χ0v) is 12.2. The summed E-state index contributed by atoms with van der Waals surface area (Å²) in [5, 5.41) is 8.83. The summed E-state index contributed by atoms with van der Waals surface area (Å²) in [6.07, 6.45) is 2.02. The molecular formula is C18H17FN2O. The van der Waals surface area contributed by atoms with Crippen molar-refractivity contribution in [1.29, 1.82) is 5.26 Å². The molecule has 3 nitrogen and oxygen atoms in total. The van der Waals surface area contributed by atoms with E-state index >= 15 is 0 Å². The van der Waals surface area contributed by atoms with E-state index in [1.807, 2.05) is 24.3 Å². The SMILES string of the molecule is N#Cc1ccc(N2CCC(Oc3ccc(F)cc3)CC2)cc1. The summed E-state index contributed by atoms with van der Waals surface area (Å²) < 4.78 is 18.8. The van der Waals surface area contributed by atoms with Crippen LogP contribution in [0.4, 0.5) is 10.1 Å². The Bertz CT molecular complexity index is 653. The first kappa shape index (κ1) is 14.4. The van der Waals surface area contributed by atoms with E-state index in [0.717, 1.165) is 37.4 Å². The Hall–Kier alpha value is -2.54. The molecule has 0 unspecified atom stereocenters. The Morgan fingerprint density at radius 2 is 1.64 bits per heavy atom. The number of hydrogen-bond donors (Lipinski definition) is 0. The number of ether oxygens (including phenoxy) is 1. The van der Waals surface area contributed by atoms with Crippen molar-refractivity contribution in [2.45, 2.75) is 18.9 Å². The highest BCUT2D eigenvalue weighted by Crippen LogP contribution is 2.23. The zero-order chi connectivity index (χ0) is 15.4. The van der Waals surface area contributed by atoms with E-state index in [0.29, 0.717) is 5.56 Å². The van der Waals surface area contributed by atoms with E-state index in [9.17, 15) is 4.39 Å². The predicted molar refractivity (Wildman–Crippen MR) is 83.4 cm³/mol. The van der Waals surface area contributed by atoms with Gasteiger partial charge in [0.15, 0.2) is 0 Å². The highest BCUT2D eigenvalue weighted by Gasteiger charge is 2.20. The molecule has 2 aromatic carbocycles. The van der Waals surface area contributed by atoms with Gasteiger partial charge in [-0.05, 0) is 48.5 Å². The largest absolute Gasteiger partial charge is 0.490 e. The number of nitrogens with zero attached hydrogens (tertiary/aromatic N) is 2. The summed E-state index contributed by atoms with van der Waals surface area (Å²) in [6.45, 7) is 1.83. The second-order valence-electron chi connectivity index (χ2n) is 5.42. The van der Waals surface area contributed by atoms with Gasteiger partial charge in [0.1, 0.15) is 17.7 Å². The third-order valence-corrected chi connectivity index (χ3v) is 3.92. The van der Waals surface area contributed by atoms with Crippen molar-refractivity contribution in [3.8, 4) is 11.8 Å². The summed E-state index contributed by atoms with van der Waals surface area (Å²) in [5.74, 6) is 0.473. The van der Waals surface area contributed by atoms with Crippen LogP contribution < -0.4 is 9.64 Å². The Morgan fingerprint density at radius 3 is 2.23 bits per heavy atom. The van der Waals surface area contributed by atoms with Crippen molar-refractivity contribution in [3.05, 3.63) is 59.9 Å². The molecule has 0 aromatic heterocycles. The van der Waals surface area contributed by atoms with Gasteiger partial charge in [-0.2, -0.15) is 5.26 Å². The first-order valence-electron chi connectivity index (χ1n) is 7.42. The molecule has 1 aliphatic rings. The van der Waals surface area contributed by atoms with Crippen LogP contribution in [-0.2, 0) is 0 Å². The van der Waals surface area contributed by atoms with Gasteiger partial charge in [-0.1, -0.05) is 0 Å². The highest BCUT2D eigenvalue weighted by molar-refractivity contribution is 5.50. The molecule has 3 rings (SSSR count). The van der Waals surface area contributed by atoms with E-state index in [1.54, 1.807) is 12.1 Å². The number of anilines is 1. The fourth-order valence-electron chi connectivity index (χ4n) is 2.68. The minimum Gasteiger partial charge on any atom is -0.490 e. The second-order valence-corrected chi connectivity index (χ2v) is 5.42. The monoisotopic (exact) mass is 296 g/mol. The minimum atomic E-state index is -0.247. The molecule has 1 aliphatic heterocycles. The van der Waals surface area contributed by atoms with Gasteiger partial charge >= 0.3 is 0 Å². The van der Waals surface area contributed by atoms with E-state index in [4.69, 9.17) is 10.00 Å². The smallest absolute Gasteiger partial charge is 0.123 e. The molecule has 1 heterocycles. The number of rotatable bonds is 3. The third-order valence-electron chi connectivity index (χ3n) is 3.92. The fraction of sp³-hybridized carbons (Fsp3) is 0.278. The Kier molecular flexibility index (Phi) is 4.24. The number of halogens is 1. The maximum Gasteiger partial charge on any atom is 0.123 e. The molecule has 0 amide bonds. The Morgan fingerprint density at radius 1 is 1.00 bits per heavy atom. The van der Waals surface area contributed by atoms with Crippen LogP contribution in [0.3, 0.4) is 0 Å². The van der Waals surface area contributed by atoms with Gasteiger partial charge in [-0.3, -0.25) is 0 Å². The van der Waals surface area contributed by atoms with Gasteiger partial charge in [0.2, 0.25) is 0 Å². The van der Waals surface area contributed by atoms with Crippen molar-refractivity contribution in [2.24, 2.45) is 0 Å². The van der Waals surface area contributed by atoms with Crippen molar-refractivity contribution in [2.75, 3.05) is 18.0 Å². The van der Waals surface area contributed by atoms with Crippen LogP contribution in [0.1, 0.15) is 18.4 Å². The molecule has 0 saturated carbocycles. The predicted octanol–water partition coefficient (Wildman–Crippen LogP) is 3.75. The maximum absolute atomic E-state index is 12.9. The van der Waals surface area contributed by atoms with Gasteiger partial charge in [0.25, 0.3) is 0 Å². The molecule has 2 aromatic rings. The molecule has 0 atom stereocenters. The van der Waals surface area contributed by atoms with E-state index < -0.39 is 0 Å². The number of piperidine rings is 1. The first-order chi connectivity index (χ1) is 10.7. The minimum absolute atomic E-state index is 0.167. The first-order valence-corrected chi connectivity index (χ1v) is 7.42. The van der Waals surface area contributed by atoms with Crippen molar-refractivity contribution < 1.29 is 9.13 Å². The summed E-state index contributed by atoms with van der Waals surface area (Å²) in [7, 11) is 0. The van der Waals surface area contributed by atoms with Crippen molar-refractivity contribution in [1.82, 2.24) is 0 Å². The summed E-state index contributed by atoms with van der Waals surface area (Å²) in [5.41, 5.74) is 1.82. The molecule has 0 aliphatic carbocycles.